The SMILES string of the molecule is CC(C)COC(=O)N[C@@H](Cc1ccc(NC(=O)c2cc(NC3=NCCCCC3)cc(C(F)(F)F)c2)cc1)C(=O)O. The molecular formula is C28H33F3N4O5. The van der Waals surface area contributed by atoms with Crippen LogP contribution in [0, 0.1) is 5.92 Å². The number of rotatable bonds is 9. The summed E-state index contributed by atoms with van der Waals surface area (Å²) in [5.74, 6) is -1.32. The van der Waals surface area contributed by atoms with E-state index in [4.69, 9.17) is 4.74 Å². The second-order valence-electron chi connectivity index (χ2n) is 9.94. The largest absolute Gasteiger partial charge is 0.480 e. The summed E-state index contributed by atoms with van der Waals surface area (Å²) >= 11 is 0. The van der Waals surface area contributed by atoms with Crippen LogP contribution in [0.1, 0.15) is 61.0 Å². The average molecular weight is 563 g/mol. The van der Waals surface area contributed by atoms with Gasteiger partial charge in [0.1, 0.15) is 11.9 Å². The van der Waals surface area contributed by atoms with E-state index in [0.717, 1.165) is 31.4 Å². The maximum atomic E-state index is 13.6. The number of carboxylic acid groups (broad SMARTS) is 1. The minimum absolute atomic E-state index is 0.0487. The number of carbonyl (C=O) groups excluding carboxylic acids is 2. The molecule has 12 heteroatoms. The zero-order valence-corrected chi connectivity index (χ0v) is 22.3. The van der Waals surface area contributed by atoms with Crippen molar-refractivity contribution in [1.82, 2.24) is 5.32 Å². The number of aliphatic imine (C=N–C) groups is 1. The maximum Gasteiger partial charge on any atom is 0.416 e. The average Bonchev–Trinajstić information content (AvgIpc) is 3.16. The number of alkyl halides is 3. The Labute approximate surface area is 230 Å². The molecule has 0 unspecified atom stereocenters. The number of nitrogens with one attached hydrogen (secondary N) is 3. The van der Waals surface area contributed by atoms with Crippen LogP contribution in [0.3, 0.4) is 0 Å². The molecule has 0 bridgehead atoms. The van der Waals surface area contributed by atoms with Gasteiger partial charge in [-0.05, 0) is 54.7 Å². The van der Waals surface area contributed by atoms with E-state index in [1.165, 1.54) is 18.2 Å². The molecule has 1 atom stereocenters. The Morgan fingerprint density at radius 3 is 2.40 bits per heavy atom. The molecule has 40 heavy (non-hydrogen) atoms. The molecule has 4 N–H and O–H groups in total. The number of ether oxygens (including phenoxy) is 1. The van der Waals surface area contributed by atoms with Crippen LogP contribution in [0.5, 0.6) is 0 Å². The monoisotopic (exact) mass is 562 g/mol. The first-order valence-electron chi connectivity index (χ1n) is 13.0. The first-order valence-corrected chi connectivity index (χ1v) is 13.0. The van der Waals surface area contributed by atoms with Gasteiger partial charge in [-0.15, -0.1) is 0 Å². The molecule has 0 spiro atoms. The zero-order chi connectivity index (χ0) is 29.3. The van der Waals surface area contributed by atoms with Crippen LogP contribution >= 0.6 is 0 Å². The van der Waals surface area contributed by atoms with E-state index in [0.29, 0.717) is 30.1 Å². The van der Waals surface area contributed by atoms with Crippen LogP contribution in [-0.4, -0.2) is 48.1 Å². The minimum Gasteiger partial charge on any atom is -0.480 e. The fourth-order valence-corrected chi connectivity index (χ4v) is 3.93. The van der Waals surface area contributed by atoms with Crippen molar-refractivity contribution in [3.8, 4) is 0 Å². The summed E-state index contributed by atoms with van der Waals surface area (Å²) in [5.41, 5.74) is -0.193. The topological polar surface area (TPSA) is 129 Å². The molecule has 2 aromatic carbocycles. The van der Waals surface area contributed by atoms with Gasteiger partial charge in [0.15, 0.2) is 0 Å². The highest BCUT2D eigenvalue weighted by Gasteiger charge is 2.32. The van der Waals surface area contributed by atoms with Gasteiger partial charge in [0.25, 0.3) is 5.91 Å². The van der Waals surface area contributed by atoms with E-state index >= 15 is 0 Å². The number of hydrogen-bond acceptors (Lipinski definition) is 6. The number of amides is 2. The van der Waals surface area contributed by atoms with E-state index < -0.39 is 35.8 Å². The summed E-state index contributed by atoms with van der Waals surface area (Å²) in [5, 5.41) is 17.3. The number of benzene rings is 2. The van der Waals surface area contributed by atoms with E-state index in [2.05, 4.69) is 20.9 Å². The molecule has 9 nitrogen and oxygen atoms in total. The van der Waals surface area contributed by atoms with Gasteiger partial charge in [0.05, 0.1) is 12.2 Å². The van der Waals surface area contributed by atoms with Crippen molar-refractivity contribution in [2.24, 2.45) is 10.9 Å². The number of halogens is 3. The van der Waals surface area contributed by atoms with Crippen molar-refractivity contribution < 1.29 is 37.4 Å². The molecule has 0 saturated carbocycles. The van der Waals surface area contributed by atoms with Crippen LogP contribution in [0.15, 0.2) is 47.5 Å². The van der Waals surface area contributed by atoms with Gasteiger partial charge in [-0.25, -0.2) is 9.59 Å². The number of hydrogen-bond donors (Lipinski definition) is 4. The molecule has 0 fully saturated rings. The molecule has 0 aliphatic carbocycles. The molecule has 3 rings (SSSR count). The third-order valence-electron chi connectivity index (χ3n) is 5.98. The molecule has 1 aliphatic rings. The van der Waals surface area contributed by atoms with Crippen molar-refractivity contribution in [2.45, 2.75) is 58.2 Å². The lowest BCUT2D eigenvalue weighted by Gasteiger charge is -2.16. The second-order valence-corrected chi connectivity index (χ2v) is 9.94. The summed E-state index contributed by atoms with van der Waals surface area (Å²) in [7, 11) is 0. The van der Waals surface area contributed by atoms with Crippen LogP contribution in [0.2, 0.25) is 0 Å². The van der Waals surface area contributed by atoms with Crippen molar-refractivity contribution in [1.29, 1.82) is 0 Å². The molecule has 0 radical (unpaired) electrons. The summed E-state index contributed by atoms with van der Waals surface area (Å²) < 4.78 is 45.7. The first-order chi connectivity index (χ1) is 18.9. The highest BCUT2D eigenvalue weighted by atomic mass is 19.4. The number of aliphatic carboxylic acids is 1. The van der Waals surface area contributed by atoms with Gasteiger partial charge in [-0.1, -0.05) is 32.4 Å². The summed E-state index contributed by atoms with van der Waals surface area (Å²) in [4.78, 5) is 40.7. The lowest BCUT2D eigenvalue weighted by Crippen LogP contribution is -2.42. The van der Waals surface area contributed by atoms with E-state index in [-0.39, 0.29) is 30.2 Å². The Bertz CT molecular complexity index is 1230. The van der Waals surface area contributed by atoms with Gasteiger partial charge in [-0.2, -0.15) is 13.2 Å². The lowest BCUT2D eigenvalue weighted by atomic mass is 10.1. The number of alkyl carbamates (subject to hydrolysis) is 1. The first kappa shape index (κ1) is 30.5. The third kappa shape index (κ3) is 9.58. The van der Waals surface area contributed by atoms with Crippen LogP contribution in [0.25, 0.3) is 0 Å². The van der Waals surface area contributed by atoms with Gasteiger partial charge >= 0.3 is 18.2 Å². The molecule has 2 amide bonds. The molecule has 0 aromatic heterocycles. The fraction of sp³-hybridized carbons (Fsp3) is 0.429. The predicted molar refractivity (Wildman–Crippen MR) is 145 cm³/mol. The second kappa shape index (κ2) is 13.8. The third-order valence-corrected chi connectivity index (χ3v) is 5.98. The fourth-order valence-electron chi connectivity index (χ4n) is 3.93. The summed E-state index contributed by atoms with van der Waals surface area (Å²) in [6, 6.07) is 7.93. The van der Waals surface area contributed by atoms with Crippen molar-refractivity contribution in [3.05, 3.63) is 59.2 Å². The van der Waals surface area contributed by atoms with Crippen LogP contribution < -0.4 is 16.0 Å². The van der Waals surface area contributed by atoms with Crippen molar-refractivity contribution in [3.63, 3.8) is 0 Å². The smallest absolute Gasteiger partial charge is 0.416 e. The van der Waals surface area contributed by atoms with Gasteiger partial charge < -0.3 is 25.8 Å². The molecule has 2 aromatic rings. The van der Waals surface area contributed by atoms with Crippen LogP contribution in [0.4, 0.5) is 29.3 Å². The van der Waals surface area contributed by atoms with E-state index in [9.17, 15) is 32.7 Å². The van der Waals surface area contributed by atoms with Gasteiger partial charge in [0, 0.05) is 36.3 Å². The van der Waals surface area contributed by atoms with Gasteiger partial charge in [0.2, 0.25) is 0 Å². The van der Waals surface area contributed by atoms with E-state index in [1.807, 2.05) is 13.8 Å². The van der Waals surface area contributed by atoms with Crippen molar-refractivity contribution in [2.75, 3.05) is 23.8 Å². The molecule has 1 heterocycles. The minimum atomic E-state index is -4.66. The van der Waals surface area contributed by atoms with Crippen LogP contribution in [-0.2, 0) is 22.1 Å². The molecule has 1 aliphatic heterocycles. The molecule has 216 valence electrons. The Morgan fingerprint density at radius 1 is 1.02 bits per heavy atom. The highest BCUT2D eigenvalue weighted by Crippen LogP contribution is 2.32. The summed E-state index contributed by atoms with van der Waals surface area (Å²) in [6.45, 7) is 4.43. The standard InChI is InChI=1S/C28H33F3N4O5/c1-17(2)16-40-27(39)35-23(26(37)38)12-18-7-9-21(10-8-18)34-25(36)19-13-20(28(29,30)31)15-22(14-19)33-24-6-4-3-5-11-32-24/h7-10,13-15,17,23H,3-6,11-12,16H2,1-2H3,(H,32,33)(H,34,36)(H,35,39)(H,37,38)/t23-/m0/s1. The highest BCUT2D eigenvalue weighted by molar-refractivity contribution is 6.06. The summed E-state index contributed by atoms with van der Waals surface area (Å²) in [6.07, 6.45) is -2.16. The Hall–Kier alpha value is -4.09. The maximum absolute atomic E-state index is 13.6. The Morgan fingerprint density at radius 2 is 1.75 bits per heavy atom. The zero-order valence-electron chi connectivity index (χ0n) is 22.3. The quantitative estimate of drug-likeness (QED) is 0.309. The van der Waals surface area contributed by atoms with E-state index in [1.54, 1.807) is 12.1 Å². The van der Waals surface area contributed by atoms with Crippen molar-refractivity contribution >= 4 is 35.2 Å². The molecule has 0 saturated heterocycles. The lowest BCUT2D eigenvalue weighted by molar-refractivity contribution is -0.139. The number of amidine groups is 1. The predicted octanol–water partition coefficient (Wildman–Crippen LogP) is 5.72. The normalized spacial score (nSPS) is 14.5. The number of carboxylic acids is 1. The van der Waals surface area contributed by atoms with Gasteiger partial charge in [-0.3, -0.25) is 9.79 Å². The molecular weight excluding hydrogens is 529 g/mol. The Kier molecular flexibility index (Phi) is 10.5. The number of nitrogens with zero attached hydrogens (tertiary/aromatic N) is 1. The Balaban J connectivity index is 1.70. The number of anilines is 2. The number of carbonyl (C=O) groups is 3.